The fourth-order valence-corrected chi connectivity index (χ4v) is 3.59. The number of piperidine rings is 1. The molecule has 1 saturated heterocycles. The number of benzene rings is 1. The Balaban J connectivity index is 2.03. The first-order chi connectivity index (χ1) is 9.68. The van der Waals surface area contributed by atoms with Gasteiger partial charge >= 0.3 is 0 Å². The summed E-state index contributed by atoms with van der Waals surface area (Å²) in [5.74, 6) is 1.68. The molecule has 0 amide bonds. The van der Waals surface area contributed by atoms with Crippen molar-refractivity contribution in [3.05, 3.63) is 23.3 Å². The molecule has 0 unspecified atom stereocenters. The van der Waals surface area contributed by atoms with Gasteiger partial charge in [-0.2, -0.15) is 0 Å². The van der Waals surface area contributed by atoms with Crippen LogP contribution < -0.4 is 14.8 Å². The van der Waals surface area contributed by atoms with E-state index in [9.17, 15) is 0 Å². The zero-order valence-corrected chi connectivity index (χ0v) is 12.7. The average molecular weight is 276 g/mol. The normalized spacial score (nSPS) is 21.6. The topological polar surface area (TPSA) is 33.7 Å². The molecule has 1 N–H and O–H groups in total. The van der Waals surface area contributed by atoms with Crippen molar-refractivity contribution in [1.29, 1.82) is 0 Å². The van der Waals surface area contributed by atoms with Gasteiger partial charge in [0.25, 0.3) is 0 Å². The third kappa shape index (κ3) is 2.17. The van der Waals surface area contributed by atoms with Crippen LogP contribution in [0.25, 0.3) is 0 Å². The number of rotatable bonds is 2. The summed E-state index contributed by atoms with van der Waals surface area (Å²) in [6.45, 7) is 4.32. The SMILES string of the molecule is COc1cc2c(cc1OC)C1(CCN(C)CC1)CNC2. The summed E-state index contributed by atoms with van der Waals surface area (Å²) < 4.78 is 10.9. The summed E-state index contributed by atoms with van der Waals surface area (Å²) in [6.07, 6.45) is 2.41. The predicted octanol–water partition coefficient (Wildman–Crippen LogP) is 1.77. The molecule has 0 bridgehead atoms. The maximum Gasteiger partial charge on any atom is 0.161 e. The molecule has 1 spiro atoms. The molecule has 4 heteroatoms. The molecular weight excluding hydrogens is 252 g/mol. The molecule has 3 rings (SSSR count). The van der Waals surface area contributed by atoms with E-state index in [1.165, 1.54) is 24.0 Å². The molecule has 0 saturated carbocycles. The third-order valence-corrected chi connectivity index (χ3v) is 4.90. The lowest BCUT2D eigenvalue weighted by atomic mass is 9.69. The zero-order chi connectivity index (χ0) is 14.2. The second kappa shape index (κ2) is 5.26. The highest BCUT2D eigenvalue weighted by atomic mass is 16.5. The summed E-state index contributed by atoms with van der Waals surface area (Å²) in [5, 5.41) is 3.59. The molecule has 2 aliphatic heterocycles. The Morgan fingerprint density at radius 2 is 1.75 bits per heavy atom. The summed E-state index contributed by atoms with van der Waals surface area (Å²) in [7, 11) is 5.62. The molecule has 2 heterocycles. The van der Waals surface area contributed by atoms with Gasteiger partial charge in [0.05, 0.1) is 14.2 Å². The van der Waals surface area contributed by atoms with E-state index in [1.54, 1.807) is 14.2 Å². The first kappa shape index (κ1) is 13.7. The molecule has 1 aromatic carbocycles. The lowest BCUT2D eigenvalue weighted by Gasteiger charge is -2.45. The Kier molecular flexibility index (Phi) is 3.61. The molecule has 0 aromatic heterocycles. The summed E-state index contributed by atoms with van der Waals surface area (Å²) in [6, 6.07) is 4.35. The van der Waals surface area contributed by atoms with Gasteiger partial charge in [-0.15, -0.1) is 0 Å². The molecular formula is C16H24N2O2. The van der Waals surface area contributed by atoms with E-state index in [2.05, 4.69) is 29.4 Å². The van der Waals surface area contributed by atoms with Crippen LogP contribution in [0.15, 0.2) is 12.1 Å². The average Bonchev–Trinajstić information content (AvgIpc) is 2.49. The van der Waals surface area contributed by atoms with Gasteiger partial charge in [0.15, 0.2) is 11.5 Å². The summed E-state index contributed by atoms with van der Waals surface area (Å²) in [5.41, 5.74) is 3.08. The standard InChI is InChI=1S/C16H24N2O2/c1-18-6-4-16(5-7-18)11-17-10-12-8-14(19-2)15(20-3)9-13(12)16/h8-9,17H,4-7,10-11H2,1-3H3. The molecule has 4 nitrogen and oxygen atoms in total. The molecule has 0 radical (unpaired) electrons. The lowest BCUT2D eigenvalue weighted by Crippen LogP contribution is -2.49. The van der Waals surface area contributed by atoms with E-state index >= 15 is 0 Å². The number of likely N-dealkylation sites (tertiary alicyclic amines) is 1. The zero-order valence-electron chi connectivity index (χ0n) is 12.7. The first-order valence-corrected chi connectivity index (χ1v) is 7.33. The maximum absolute atomic E-state index is 5.50. The van der Waals surface area contributed by atoms with E-state index in [0.29, 0.717) is 0 Å². The second-order valence-electron chi connectivity index (χ2n) is 6.05. The smallest absolute Gasteiger partial charge is 0.161 e. The van der Waals surface area contributed by atoms with Crippen LogP contribution in [0.1, 0.15) is 24.0 Å². The van der Waals surface area contributed by atoms with Crippen molar-refractivity contribution in [3.63, 3.8) is 0 Å². The quantitative estimate of drug-likeness (QED) is 0.892. The highest BCUT2D eigenvalue weighted by molar-refractivity contribution is 5.51. The Morgan fingerprint density at radius 1 is 1.10 bits per heavy atom. The van der Waals surface area contributed by atoms with Crippen LogP contribution in [0.5, 0.6) is 11.5 Å². The van der Waals surface area contributed by atoms with Gasteiger partial charge in [-0.3, -0.25) is 0 Å². The van der Waals surface area contributed by atoms with Crippen molar-refractivity contribution >= 4 is 0 Å². The Labute approximate surface area is 121 Å². The monoisotopic (exact) mass is 276 g/mol. The molecule has 0 atom stereocenters. The van der Waals surface area contributed by atoms with Gasteiger partial charge in [0.2, 0.25) is 0 Å². The maximum atomic E-state index is 5.50. The van der Waals surface area contributed by atoms with Crippen LogP contribution in [0.2, 0.25) is 0 Å². The van der Waals surface area contributed by atoms with E-state index in [0.717, 1.165) is 37.7 Å². The second-order valence-corrected chi connectivity index (χ2v) is 6.05. The Morgan fingerprint density at radius 3 is 2.40 bits per heavy atom. The highest BCUT2D eigenvalue weighted by Crippen LogP contribution is 2.43. The van der Waals surface area contributed by atoms with Crippen LogP contribution in [-0.4, -0.2) is 45.8 Å². The van der Waals surface area contributed by atoms with Crippen LogP contribution in [-0.2, 0) is 12.0 Å². The van der Waals surface area contributed by atoms with E-state index in [4.69, 9.17) is 9.47 Å². The number of hydrogen-bond acceptors (Lipinski definition) is 4. The third-order valence-electron chi connectivity index (χ3n) is 4.90. The Hall–Kier alpha value is -1.26. The number of nitrogens with zero attached hydrogens (tertiary/aromatic N) is 1. The van der Waals surface area contributed by atoms with E-state index in [-0.39, 0.29) is 5.41 Å². The minimum atomic E-state index is 0.264. The number of nitrogens with one attached hydrogen (secondary N) is 1. The number of ether oxygens (including phenoxy) is 2. The van der Waals surface area contributed by atoms with Gasteiger partial charge in [0, 0.05) is 18.5 Å². The first-order valence-electron chi connectivity index (χ1n) is 7.33. The van der Waals surface area contributed by atoms with E-state index in [1.807, 2.05) is 0 Å². The van der Waals surface area contributed by atoms with Crippen LogP contribution in [0, 0.1) is 0 Å². The molecule has 0 aliphatic carbocycles. The number of hydrogen-bond donors (Lipinski definition) is 1. The van der Waals surface area contributed by atoms with Crippen LogP contribution in [0.3, 0.4) is 0 Å². The fraction of sp³-hybridized carbons (Fsp3) is 0.625. The molecule has 20 heavy (non-hydrogen) atoms. The predicted molar refractivity (Wildman–Crippen MR) is 79.7 cm³/mol. The van der Waals surface area contributed by atoms with Gasteiger partial charge in [-0.1, -0.05) is 0 Å². The molecule has 110 valence electrons. The summed E-state index contributed by atoms with van der Waals surface area (Å²) >= 11 is 0. The minimum absolute atomic E-state index is 0.264. The Bertz CT molecular complexity index is 493. The summed E-state index contributed by atoms with van der Waals surface area (Å²) in [4.78, 5) is 2.42. The van der Waals surface area contributed by atoms with Crippen LogP contribution >= 0.6 is 0 Å². The van der Waals surface area contributed by atoms with Crippen molar-refractivity contribution in [2.45, 2.75) is 24.8 Å². The highest BCUT2D eigenvalue weighted by Gasteiger charge is 2.39. The van der Waals surface area contributed by atoms with Crippen molar-refractivity contribution in [2.75, 3.05) is 40.9 Å². The lowest BCUT2D eigenvalue weighted by molar-refractivity contribution is 0.175. The number of fused-ring (bicyclic) bond motifs is 2. The molecule has 1 fully saturated rings. The fourth-order valence-electron chi connectivity index (χ4n) is 3.59. The van der Waals surface area contributed by atoms with E-state index < -0.39 is 0 Å². The van der Waals surface area contributed by atoms with Crippen LogP contribution in [0.4, 0.5) is 0 Å². The molecule has 2 aliphatic rings. The van der Waals surface area contributed by atoms with Gasteiger partial charge in [-0.05, 0) is 56.2 Å². The van der Waals surface area contributed by atoms with Crippen molar-refractivity contribution in [2.24, 2.45) is 0 Å². The van der Waals surface area contributed by atoms with Crippen molar-refractivity contribution in [1.82, 2.24) is 10.2 Å². The largest absolute Gasteiger partial charge is 0.493 e. The van der Waals surface area contributed by atoms with Crippen molar-refractivity contribution < 1.29 is 9.47 Å². The van der Waals surface area contributed by atoms with Gasteiger partial charge in [-0.25, -0.2) is 0 Å². The molecule has 1 aromatic rings. The van der Waals surface area contributed by atoms with Crippen molar-refractivity contribution in [3.8, 4) is 11.5 Å². The van der Waals surface area contributed by atoms with Gasteiger partial charge < -0.3 is 19.7 Å². The minimum Gasteiger partial charge on any atom is -0.493 e. The number of methoxy groups -OCH3 is 2. The van der Waals surface area contributed by atoms with Gasteiger partial charge in [0.1, 0.15) is 0 Å².